The van der Waals surface area contributed by atoms with Crippen LogP contribution in [0, 0.1) is 11.8 Å². The molecule has 1 saturated heterocycles. The monoisotopic (exact) mass is 438 g/mol. The van der Waals surface area contributed by atoms with Crippen molar-refractivity contribution >= 4 is 36.4 Å². The van der Waals surface area contributed by atoms with Crippen molar-refractivity contribution in [3.63, 3.8) is 0 Å². The summed E-state index contributed by atoms with van der Waals surface area (Å²) in [4.78, 5) is 17.0. The Kier molecular flexibility index (Phi) is 9.00. The number of aromatic nitrogens is 2. The van der Waals surface area contributed by atoms with E-state index < -0.39 is 0 Å². The second-order valence-electron chi connectivity index (χ2n) is 8.10. The number of benzene rings is 1. The Labute approximate surface area is 185 Å². The minimum absolute atomic E-state index is 0. The number of nitrogens with zero attached hydrogens (tertiary/aromatic N) is 2. The number of hydrogen-bond acceptors (Lipinski definition) is 3. The summed E-state index contributed by atoms with van der Waals surface area (Å²) in [6.07, 6.45) is 8.63. The molecule has 1 aromatic heterocycles. The van der Waals surface area contributed by atoms with E-state index in [-0.39, 0.29) is 30.7 Å². The molecule has 4 rings (SSSR count). The van der Waals surface area contributed by atoms with E-state index in [1.54, 1.807) is 0 Å². The molecular formula is C22H32Cl2N4O. The third-order valence-corrected chi connectivity index (χ3v) is 6.08. The summed E-state index contributed by atoms with van der Waals surface area (Å²) in [6.45, 7) is 5.40. The lowest BCUT2D eigenvalue weighted by molar-refractivity contribution is -0.117. The Morgan fingerprint density at radius 2 is 2.03 bits per heavy atom. The van der Waals surface area contributed by atoms with E-state index in [1.807, 2.05) is 18.3 Å². The van der Waals surface area contributed by atoms with E-state index in [1.165, 1.54) is 31.4 Å². The Bertz CT molecular complexity index is 785. The van der Waals surface area contributed by atoms with E-state index in [0.717, 1.165) is 43.1 Å². The fourth-order valence-corrected chi connectivity index (χ4v) is 4.40. The van der Waals surface area contributed by atoms with Gasteiger partial charge in [0.05, 0.1) is 0 Å². The third-order valence-electron chi connectivity index (χ3n) is 6.08. The maximum absolute atomic E-state index is 12.4. The van der Waals surface area contributed by atoms with Gasteiger partial charge in [-0.3, -0.25) is 4.79 Å². The number of halogens is 2. The van der Waals surface area contributed by atoms with Crippen LogP contribution in [-0.2, 0) is 17.8 Å². The molecule has 3 heterocycles. The van der Waals surface area contributed by atoms with Gasteiger partial charge >= 0.3 is 0 Å². The molecule has 1 amide bonds. The zero-order chi connectivity index (χ0) is 18.6. The van der Waals surface area contributed by atoms with Crippen LogP contribution in [0.5, 0.6) is 0 Å². The molecular weight excluding hydrogens is 407 g/mol. The second-order valence-corrected chi connectivity index (χ2v) is 8.10. The summed E-state index contributed by atoms with van der Waals surface area (Å²) in [5.74, 6) is 2.17. The van der Waals surface area contributed by atoms with Crippen LogP contribution in [0.4, 0.5) is 5.69 Å². The Morgan fingerprint density at radius 3 is 2.76 bits per heavy atom. The van der Waals surface area contributed by atoms with Crippen LogP contribution < -0.4 is 10.6 Å². The Balaban J connectivity index is 0.00000150. The lowest BCUT2D eigenvalue weighted by atomic mass is 9.85. The van der Waals surface area contributed by atoms with Gasteiger partial charge < -0.3 is 15.2 Å². The summed E-state index contributed by atoms with van der Waals surface area (Å²) < 4.78 is 2.33. The van der Waals surface area contributed by atoms with Gasteiger partial charge in [0, 0.05) is 36.1 Å². The molecule has 1 fully saturated rings. The predicted molar refractivity (Wildman–Crippen MR) is 123 cm³/mol. The zero-order valence-electron chi connectivity index (χ0n) is 17.0. The number of aryl methyl sites for hydroxylation is 1. The minimum atomic E-state index is 0. The summed E-state index contributed by atoms with van der Waals surface area (Å²) >= 11 is 0. The molecule has 29 heavy (non-hydrogen) atoms. The van der Waals surface area contributed by atoms with Crippen LogP contribution in [0.2, 0.25) is 0 Å². The SMILES string of the molecule is CC(CC(=O)Nc1ccc(-c2ncc3n2CCCC3)cc1)C1CCCNC1.Cl.Cl. The topological polar surface area (TPSA) is 59.0 Å². The van der Waals surface area contributed by atoms with E-state index >= 15 is 0 Å². The van der Waals surface area contributed by atoms with Gasteiger partial charge in [-0.05, 0) is 81.3 Å². The van der Waals surface area contributed by atoms with Crippen LogP contribution in [0.25, 0.3) is 11.4 Å². The highest BCUT2D eigenvalue weighted by Gasteiger charge is 2.22. The number of hydrogen-bond donors (Lipinski definition) is 2. The van der Waals surface area contributed by atoms with Crippen molar-refractivity contribution in [1.29, 1.82) is 0 Å². The summed E-state index contributed by atoms with van der Waals surface area (Å²) in [7, 11) is 0. The van der Waals surface area contributed by atoms with Crippen LogP contribution in [0.3, 0.4) is 0 Å². The van der Waals surface area contributed by atoms with Gasteiger partial charge in [0.1, 0.15) is 5.82 Å². The molecule has 7 heteroatoms. The Morgan fingerprint density at radius 1 is 1.24 bits per heavy atom. The zero-order valence-corrected chi connectivity index (χ0v) is 18.7. The molecule has 2 aromatic rings. The third kappa shape index (κ3) is 5.74. The molecule has 5 nitrogen and oxygen atoms in total. The first-order valence-electron chi connectivity index (χ1n) is 10.4. The van der Waals surface area contributed by atoms with Crippen molar-refractivity contribution in [3.8, 4) is 11.4 Å². The highest BCUT2D eigenvalue weighted by atomic mass is 35.5. The number of amides is 1. The van der Waals surface area contributed by atoms with Crippen molar-refractivity contribution in [3.05, 3.63) is 36.2 Å². The van der Waals surface area contributed by atoms with Gasteiger partial charge in [0.25, 0.3) is 0 Å². The molecule has 0 aliphatic carbocycles. The average Bonchev–Trinajstić information content (AvgIpc) is 3.13. The smallest absolute Gasteiger partial charge is 0.224 e. The standard InChI is InChI=1S/C22H30N4O.2ClH/c1-16(18-5-4-11-23-14-18)13-21(27)25-19-9-7-17(8-10-19)22-24-15-20-6-2-3-12-26(20)22;;/h7-10,15-16,18,23H,2-6,11-14H2,1H3,(H,25,27);2*1H. The molecule has 0 radical (unpaired) electrons. The van der Waals surface area contributed by atoms with Crippen LogP contribution in [0.15, 0.2) is 30.5 Å². The molecule has 0 saturated carbocycles. The molecule has 2 unspecified atom stereocenters. The lowest BCUT2D eigenvalue weighted by Gasteiger charge is -2.28. The van der Waals surface area contributed by atoms with Crippen LogP contribution in [-0.4, -0.2) is 28.5 Å². The molecule has 0 spiro atoms. The van der Waals surface area contributed by atoms with Gasteiger partial charge in [-0.1, -0.05) is 6.92 Å². The van der Waals surface area contributed by atoms with E-state index in [4.69, 9.17) is 0 Å². The van der Waals surface area contributed by atoms with Gasteiger partial charge in [-0.2, -0.15) is 0 Å². The fourth-order valence-electron chi connectivity index (χ4n) is 4.40. The normalized spacial score (nSPS) is 19.3. The van der Waals surface area contributed by atoms with E-state index in [9.17, 15) is 4.79 Å². The van der Waals surface area contributed by atoms with Crippen molar-refractivity contribution < 1.29 is 4.79 Å². The fraction of sp³-hybridized carbons (Fsp3) is 0.545. The van der Waals surface area contributed by atoms with Gasteiger partial charge in [-0.15, -0.1) is 24.8 Å². The van der Waals surface area contributed by atoms with Gasteiger partial charge in [0.15, 0.2) is 0 Å². The number of rotatable bonds is 5. The van der Waals surface area contributed by atoms with Crippen LogP contribution in [0.1, 0.15) is 44.7 Å². The van der Waals surface area contributed by atoms with Crippen molar-refractivity contribution in [2.24, 2.45) is 11.8 Å². The summed E-state index contributed by atoms with van der Waals surface area (Å²) in [5.41, 5.74) is 3.31. The van der Waals surface area contributed by atoms with Crippen molar-refractivity contribution in [2.75, 3.05) is 18.4 Å². The highest BCUT2D eigenvalue weighted by molar-refractivity contribution is 5.91. The molecule has 1 aromatic carbocycles. The molecule has 2 aliphatic rings. The molecule has 0 bridgehead atoms. The molecule has 160 valence electrons. The van der Waals surface area contributed by atoms with Gasteiger partial charge in [0.2, 0.25) is 5.91 Å². The number of piperidine rings is 1. The largest absolute Gasteiger partial charge is 0.328 e. The van der Waals surface area contributed by atoms with Crippen molar-refractivity contribution in [2.45, 2.75) is 52.0 Å². The lowest BCUT2D eigenvalue weighted by Crippen LogP contribution is -2.34. The minimum Gasteiger partial charge on any atom is -0.328 e. The molecule has 2 atom stereocenters. The summed E-state index contributed by atoms with van der Waals surface area (Å²) in [6, 6.07) is 8.11. The summed E-state index contributed by atoms with van der Waals surface area (Å²) in [5, 5.41) is 6.50. The number of anilines is 1. The second kappa shape index (κ2) is 11.0. The Hall–Kier alpha value is -1.56. The molecule has 2 N–H and O–H groups in total. The first-order valence-corrected chi connectivity index (χ1v) is 10.4. The van der Waals surface area contributed by atoms with Crippen LogP contribution >= 0.6 is 24.8 Å². The maximum atomic E-state index is 12.4. The number of imidazole rings is 1. The maximum Gasteiger partial charge on any atom is 0.224 e. The highest BCUT2D eigenvalue weighted by Crippen LogP contribution is 2.26. The van der Waals surface area contributed by atoms with Crippen molar-refractivity contribution in [1.82, 2.24) is 14.9 Å². The number of carbonyl (C=O) groups excluding carboxylic acids is 1. The predicted octanol–water partition coefficient (Wildman–Crippen LogP) is 4.69. The first-order chi connectivity index (χ1) is 13.2. The van der Waals surface area contributed by atoms with E-state index in [0.29, 0.717) is 18.3 Å². The first kappa shape index (κ1) is 23.7. The molecule has 2 aliphatic heterocycles. The van der Waals surface area contributed by atoms with Gasteiger partial charge in [-0.25, -0.2) is 4.98 Å². The average molecular weight is 439 g/mol. The number of fused-ring (bicyclic) bond motifs is 1. The quantitative estimate of drug-likeness (QED) is 0.711. The number of nitrogens with one attached hydrogen (secondary N) is 2. The van der Waals surface area contributed by atoms with E-state index in [2.05, 4.69) is 39.2 Å². The number of carbonyl (C=O) groups is 1.